The maximum Gasteiger partial charge on any atom is 0.258 e. The van der Waals surface area contributed by atoms with E-state index in [4.69, 9.17) is 0 Å². The lowest BCUT2D eigenvalue weighted by Crippen LogP contribution is -2.12. The van der Waals surface area contributed by atoms with Crippen molar-refractivity contribution in [3.63, 3.8) is 0 Å². The molecule has 116 valence electrons. The van der Waals surface area contributed by atoms with E-state index in [0.29, 0.717) is 10.7 Å². The van der Waals surface area contributed by atoms with Crippen LogP contribution in [0, 0.1) is 0 Å². The SMILES string of the molecule is O=C(Nc1nnc(-c2ccncc2)s1)c1cccc2ccccc12. The fourth-order valence-electron chi connectivity index (χ4n) is 2.47. The summed E-state index contributed by atoms with van der Waals surface area (Å²) in [4.78, 5) is 16.6. The van der Waals surface area contributed by atoms with Gasteiger partial charge in [-0.1, -0.05) is 47.7 Å². The van der Waals surface area contributed by atoms with Crippen molar-refractivity contribution >= 4 is 33.1 Å². The summed E-state index contributed by atoms with van der Waals surface area (Å²) in [6.45, 7) is 0. The van der Waals surface area contributed by atoms with Gasteiger partial charge in [0.05, 0.1) is 0 Å². The average molecular weight is 332 g/mol. The summed E-state index contributed by atoms with van der Waals surface area (Å²) in [7, 11) is 0. The van der Waals surface area contributed by atoms with Crippen molar-refractivity contribution in [1.29, 1.82) is 0 Å². The summed E-state index contributed by atoms with van der Waals surface area (Å²) in [6, 6.07) is 17.2. The van der Waals surface area contributed by atoms with E-state index >= 15 is 0 Å². The Labute approximate surface area is 142 Å². The molecular weight excluding hydrogens is 320 g/mol. The molecular formula is C18H12N4OS. The van der Waals surface area contributed by atoms with Gasteiger partial charge in [0.2, 0.25) is 5.13 Å². The number of anilines is 1. The Morgan fingerprint density at radius 3 is 2.58 bits per heavy atom. The summed E-state index contributed by atoms with van der Waals surface area (Å²) >= 11 is 1.33. The van der Waals surface area contributed by atoms with Gasteiger partial charge in [-0.2, -0.15) is 0 Å². The molecule has 2 aromatic heterocycles. The highest BCUT2D eigenvalue weighted by Crippen LogP contribution is 2.26. The van der Waals surface area contributed by atoms with Crippen molar-refractivity contribution in [3.8, 4) is 10.6 Å². The van der Waals surface area contributed by atoms with Gasteiger partial charge in [-0.3, -0.25) is 15.1 Å². The summed E-state index contributed by atoms with van der Waals surface area (Å²) in [6.07, 6.45) is 3.40. The molecule has 0 saturated carbocycles. The number of pyridine rings is 1. The highest BCUT2D eigenvalue weighted by molar-refractivity contribution is 7.18. The smallest absolute Gasteiger partial charge is 0.258 e. The predicted octanol–water partition coefficient (Wildman–Crippen LogP) is 4.01. The highest BCUT2D eigenvalue weighted by Gasteiger charge is 2.13. The third-order valence-corrected chi connectivity index (χ3v) is 4.49. The van der Waals surface area contributed by atoms with Gasteiger partial charge >= 0.3 is 0 Å². The largest absolute Gasteiger partial charge is 0.296 e. The molecule has 0 fully saturated rings. The number of nitrogens with zero attached hydrogens (tertiary/aromatic N) is 3. The maximum atomic E-state index is 12.6. The third-order valence-electron chi connectivity index (χ3n) is 3.61. The van der Waals surface area contributed by atoms with Crippen LogP contribution in [0.3, 0.4) is 0 Å². The van der Waals surface area contributed by atoms with Crippen molar-refractivity contribution in [2.45, 2.75) is 0 Å². The summed E-state index contributed by atoms with van der Waals surface area (Å²) in [5.74, 6) is -0.191. The van der Waals surface area contributed by atoms with Crippen LogP contribution >= 0.6 is 11.3 Å². The fourth-order valence-corrected chi connectivity index (χ4v) is 3.22. The molecule has 0 atom stereocenters. The number of aromatic nitrogens is 3. The van der Waals surface area contributed by atoms with Gasteiger partial charge < -0.3 is 0 Å². The van der Waals surface area contributed by atoms with E-state index in [1.165, 1.54) is 11.3 Å². The molecule has 24 heavy (non-hydrogen) atoms. The molecule has 0 bridgehead atoms. The van der Waals surface area contributed by atoms with Crippen LogP contribution in [-0.2, 0) is 0 Å². The molecule has 4 aromatic rings. The van der Waals surface area contributed by atoms with E-state index in [1.54, 1.807) is 12.4 Å². The molecule has 0 saturated heterocycles. The first-order valence-corrected chi connectivity index (χ1v) is 8.16. The molecule has 0 spiro atoms. The van der Waals surface area contributed by atoms with E-state index < -0.39 is 0 Å². The number of fused-ring (bicyclic) bond motifs is 1. The Bertz CT molecular complexity index is 1010. The Hall–Kier alpha value is -3.12. The lowest BCUT2D eigenvalue weighted by Gasteiger charge is -2.05. The van der Waals surface area contributed by atoms with Gasteiger partial charge in [-0.15, -0.1) is 10.2 Å². The predicted molar refractivity (Wildman–Crippen MR) is 95.0 cm³/mol. The molecule has 4 rings (SSSR count). The third kappa shape index (κ3) is 2.75. The second-order valence-electron chi connectivity index (χ2n) is 5.13. The number of carbonyl (C=O) groups excluding carboxylic acids is 1. The van der Waals surface area contributed by atoms with Crippen LogP contribution in [0.15, 0.2) is 67.0 Å². The number of hydrogen-bond acceptors (Lipinski definition) is 5. The molecule has 2 heterocycles. The second kappa shape index (κ2) is 6.17. The zero-order valence-corrected chi connectivity index (χ0v) is 13.3. The van der Waals surface area contributed by atoms with E-state index in [0.717, 1.165) is 21.3 Å². The van der Waals surface area contributed by atoms with Crippen LogP contribution in [0.1, 0.15) is 10.4 Å². The molecule has 1 amide bonds. The molecule has 0 radical (unpaired) electrons. The summed E-state index contributed by atoms with van der Waals surface area (Å²) in [5, 5.41) is 14.2. The van der Waals surface area contributed by atoms with Crippen LogP contribution in [0.2, 0.25) is 0 Å². The number of benzene rings is 2. The maximum absolute atomic E-state index is 12.6. The van der Waals surface area contributed by atoms with Crippen LogP contribution in [0.25, 0.3) is 21.3 Å². The van der Waals surface area contributed by atoms with Gasteiger partial charge in [0.15, 0.2) is 0 Å². The number of nitrogens with one attached hydrogen (secondary N) is 1. The van der Waals surface area contributed by atoms with Crippen LogP contribution in [-0.4, -0.2) is 21.1 Å². The monoisotopic (exact) mass is 332 g/mol. The summed E-state index contributed by atoms with van der Waals surface area (Å²) < 4.78 is 0. The minimum absolute atomic E-state index is 0.191. The first-order chi connectivity index (χ1) is 11.8. The lowest BCUT2D eigenvalue weighted by molar-refractivity contribution is 0.102. The molecule has 0 aliphatic heterocycles. The van der Waals surface area contributed by atoms with Crippen molar-refractivity contribution < 1.29 is 4.79 Å². The molecule has 2 aromatic carbocycles. The van der Waals surface area contributed by atoms with Crippen LogP contribution in [0.4, 0.5) is 5.13 Å². The van der Waals surface area contributed by atoms with E-state index in [2.05, 4.69) is 20.5 Å². The van der Waals surface area contributed by atoms with E-state index in [9.17, 15) is 4.79 Å². The first-order valence-electron chi connectivity index (χ1n) is 7.34. The zero-order valence-electron chi connectivity index (χ0n) is 12.5. The molecule has 0 aliphatic carbocycles. The quantitative estimate of drug-likeness (QED) is 0.615. The van der Waals surface area contributed by atoms with Crippen molar-refractivity contribution in [1.82, 2.24) is 15.2 Å². The number of amides is 1. The fraction of sp³-hybridized carbons (Fsp3) is 0. The molecule has 5 nitrogen and oxygen atoms in total. The van der Waals surface area contributed by atoms with Gasteiger partial charge in [-0.05, 0) is 29.0 Å². The van der Waals surface area contributed by atoms with E-state index in [-0.39, 0.29) is 5.91 Å². The van der Waals surface area contributed by atoms with Crippen molar-refractivity contribution in [2.75, 3.05) is 5.32 Å². The minimum atomic E-state index is -0.191. The Balaban J connectivity index is 1.61. The van der Waals surface area contributed by atoms with Gasteiger partial charge in [-0.25, -0.2) is 0 Å². The number of rotatable bonds is 3. The molecule has 1 N–H and O–H groups in total. The topological polar surface area (TPSA) is 67.8 Å². The zero-order chi connectivity index (χ0) is 16.4. The normalized spacial score (nSPS) is 10.7. The summed E-state index contributed by atoms with van der Waals surface area (Å²) in [5.41, 5.74) is 1.54. The van der Waals surface area contributed by atoms with E-state index in [1.807, 2.05) is 54.6 Å². The molecule has 0 aliphatic rings. The highest BCUT2D eigenvalue weighted by atomic mass is 32.1. The molecule has 0 unspecified atom stereocenters. The average Bonchev–Trinajstić information content (AvgIpc) is 3.10. The van der Waals surface area contributed by atoms with Gasteiger partial charge in [0.25, 0.3) is 5.91 Å². The Morgan fingerprint density at radius 2 is 1.71 bits per heavy atom. The van der Waals surface area contributed by atoms with Crippen molar-refractivity contribution in [2.24, 2.45) is 0 Å². The standard InChI is InChI=1S/C18H12N4OS/c23-16(15-7-3-5-12-4-1-2-6-14(12)15)20-18-22-21-17(24-18)13-8-10-19-11-9-13/h1-11H,(H,20,22,23). The van der Waals surface area contributed by atoms with Crippen molar-refractivity contribution in [3.05, 3.63) is 72.6 Å². The lowest BCUT2D eigenvalue weighted by atomic mass is 10.0. The first kappa shape index (κ1) is 14.5. The number of hydrogen-bond donors (Lipinski definition) is 1. The second-order valence-corrected chi connectivity index (χ2v) is 6.11. The minimum Gasteiger partial charge on any atom is -0.296 e. The van der Waals surface area contributed by atoms with Gasteiger partial charge in [0.1, 0.15) is 5.01 Å². The molecule has 6 heteroatoms. The Kier molecular flexibility index (Phi) is 3.72. The number of carbonyl (C=O) groups is 1. The van der Waals surface area contributed by atoms with Crippen LogP contribution < -0.4 is 5.32 Å². The Morgan fingerprint density at radius 1 is 0.917 bits per heavy atom. The van der Waals surface area contributed by atoms with Gasteiger partial charge in [0, 0.05) is 23.5 Å². The van der Waals surface area contributed by atoms with Crippen LogP contribution in [0.5, 0.6) is 0 Å².